The summed E-state index contributed by atoms with van der Waals surface area (Å²) in [4.78, 5) is 12.1. The van der Waals surface area contributed by atoms with Gasteiger partial charge in [-0.25, -0.2) is 0 Å². The van der Waals surface area contributed by atoms with E-state index in [0.717, 1.165) is 11.3 Å². The molecule has 0 aliphatic carbocycles. The molecule has 0 atom stereocenters. The van der Waals surface area contributed by atoms with Crippen molar-refractivity contribution in [1.29, 1.82) is 0 Å². The Morgan fingerprint density at radius 3 is 2.61 bits per heavy atom. The van der Waals surface area contributed by atoms with Gasteiger partial charge in [-0.05, 0) is 37.6 Å². The van der Waals surface area contributed by atoms with Gasteiger partial charge in [0.15, 0.2) is 0 Å². The fourth-order valence-electron chi connectivity index (χ4n) is 1.85. The van der Waals surface area contributed by atoms with Crippen molar-refractivity contribution < 1.29 is 4.79 Å². The maximum absolute atomic E-state index is 12.1. The van der Waals surface area contributed by atoms with E-state index in [1.165, 1.54) is 0 Å². The van der Waals surface area contributed by atoms with Crippen LogP contribution in [0.5, 0.6) is 0 Å². The first-order chi connectivity index (χ1) is 8.47. The van der Waals surface area contributed by atoms with Gasteiger partial charge in [-0.15, -0.1) is 0 Å². The lowest BCUT2D eigenvalue weighted by Gasteiger charge is -2.08. The lowest BCUT2D eigenvalue weighted by molar-refractivity contribution is 0.102. The summed E-state index contributed by atoms with van der Waals surface area (Å²) in [6.07, 6.45) is 0. The van der Waals surface area contributed by atoms with Crippen LogP contribution in [0.4, 0.5) is 11.5 Å². The second kappa shape index (κ2) is 4.52. The van der Waals surface area contributed by atoms with Crippen LogP contribution in [-0.2, 0) is 7.05 Å². The van der Waals surface area contributed by atoms with Gasteiger partial charge < -0.3 is 11.1 Å². The fraction of sp³-hybridized carbons (Fsp3) is 0.231. The standard InChI is InChI=1S/C13H16N4O/c1-8-6-10(14)4-5-11(8)13(18)15-12-7-9(2)16-17(12)3/h4-7H,14H2,1-3H3,(H,15,18). The van der Waals surface area contributed by atoms with E-state index in [1.54, 1.807) is 29.9 Å². The number of aryl methyl sites for hydroxylation is 3. The Kier molecular flexibility index (Phi) is 3.06. The molecule has 0 spiro atoms. The third-order valence-corrected chi connectivity index (χ3v) is 2.74. The van der Waals surface area contributed by atoms with Crippen LogP contribution in [0.3, 0.4) is 0 Å². The highest BCUT2D eigenvalue weighted by Gasteiger charge is 2.11. The molecular formula is C13H16N4O. The van der Waals surface area contributed by atoms with Gasteiger partial charge in [-0.2, -0.15) is 5.10 Å². The number of nitrogens with zero attached hydrogens (tertiary/aromatic N) is 2. The first-order valence-corrected chi connectivity index (χ1v) is 5.65. The quantitative estimate of drug-likeness (QED) is 0.792. The first kappa shape index (κ1) is 12.2. The summed E-state index contributed by atoms with van der Waals surface area (Å²) in [6.45, 7) is 3.74. The van der Waals surface area contributed by atoms with Gasteiger partial charge in [0, 0.05) is 24.4 Å². The minimum Gasteiger partial charge on any atom is -0.399 e. The number of amides is 1. The Morgan fingerprint density at radius 2 is 2.06 bits per heavy atom. The summed E-state index contributed by atoms with van der Waals surface area (Å²) < 4.78 is 1.64. The SMILES string of the molecule is Cc1cc(NC(=O)c2ccc(N)cc2C)n(C)n1. The first-order valence-electron chi connectivity index (χ1n) is 5.65. The Bertz CT molecular complexity index is 601. The normalized spacial score (nSPS) is 10.4. The molecule has 0 aliphatic rings. The summed E-state index contributed by atoms with van der Waals surface area (Å²) in [5.41, 5.74) is 8.64. The number of nitrogens with one attached hydrogen (secondary N) is 1. The van der Waals surface area contributed by atoms with Gasteiger partial charge >= 0.3 is 0 Å². The van der Waals surface area contributed by atoms with Gasteiger partial charge in [0.05, 0.1) is 5.69 Å². The van der Waals surface area contributed by atoms with Crippen LogP contribution in [-0.4, -0.2) is 15.7 Å². The molecule has 3 N–H and O–H groups in total. The highest BCUT2D eigenvalue weighted by molar-refractivity contribution is 6.05. The van der Waals surface area contributed by atoms with Gasteiger partial charge in [0.1, 0.15) is 5.82 Å². The van der Waals surface area contributed by atoms with Crippen LogP contribution in [0.15, 0.2) is 24.3 Å². The third-order valence-electron chi connectivity index (χ3n) is 2.74. The molecule has 0 bridgehead atoms. The number of anilines is 2. The Labute approximate surface area is 106 Å². The Hall–Kier alpha value is -2.30. The number of hydrogen-bond acceptors (Lipinski definition) is 3. The van der Waals surface area contributed by atoms with E-state index in [4.69, 9.17) is 5.73 Å². The zero-order chi connectivity index (χ0) is 13.3. The largest absolute Gasteiger partial charge is 0.399 e. The molecule has 0 saturated heterocycles. The molecule has 94 valence electrons. The number of nitrogen functional groups attached to an aromatic ring is 1. The molecule has 1 amide bonds. The number of hydrogen-bond donors (Lipinski definition) is 2. The van der Waals surface area contributed by atoms with E-state index in [0.29, 0.717) is 17.1 Å². The lowest BCUT2D eigenvalue weighted by atomic mass is 10.1. The fourth-order valence-corrected chi connectivity index (χ4v) is 1.85. The molecule has 1 heterocycles. The molecule has 5 heteroatoms. The van der Waals surface area contributed by atoms with E-state index in [-0.39, 0.29) is 5.91 Å². The summed E-state index contributed by atoms with van der Waals surface area (Å²) in [6, 6.07) is 7.05. The smallest absolute Gasteiger partial charge is 0.257 e. The molecular weight excluding hydrogens is 228 g/mol. The van der Waals surface area contributed by atoms with E-state index in [1.807, 2.05) is 19.9 Å². The van der Waals surface area contributed by atoms with Crippen molar-refractivity contribution in [2.24, 2.45) is 7.05 Å². The highest BCUT2D eigenvalue weighted by Crippen LogP contribution is 2.15. The minimum atomic E-state index is -0.157. The molecule has 0 aliphatic heterocycles. The maximum Gasteiger partial charge on any atom is 0.257 e. The number of nitrogens with two attached hydrogens (primary N) is 1. The van der Waals surface area contributed by atoms with E-state index in [9.17, 15) is 4.79 Å². The van der Waals surface area contributed by atoms with Gasteiger partial charge in [-0.3, -0.25) is 9.48 Å². The predicted molar refractivity (Wildman–Crippen MR) is 71.5 cm³/mol. The maximum atomic E-state index is 12.1. The molecule has 0 fully saturated rings. The topological polar surface area (TPSA) is 72.9 Å². The summed E-state index contributed by atoms with van der Waals surface area (Å²) in [7, 11) is 1.79. The number of carbonyl (C=O) groups is 1. The molecule has 0 saturated carbocycles. The monoisotopic (exact) mass is 244 g/mol. The molecule has 2 rings (SSSR count). The van der Waals surface area contributed by atoms with Crippen LogP contribution in [0.25, 0.3) is 0 Å². The zero-order valence-electron chi connectivity index (χ0n) is 10.7. The Morgan fingerprint density at radius 1 is 1.33 bits per heavy atom. The van der Waals surface area contributed by atoms with E-state index in [2.05, 4.69) is 10.4 Å². The lowest BCUT2D eigenvalue weighted by Crippen LogP contribution is -2.15. The molecule has 1 aromatic heterocycles. The average molecular weight is 244 g/mol. The number of carbonyl (C=O) groups excluding carboxylic acids is 1. The summed E-state index contributed by atoms with van der Waals surface area (Å²) in [5, 5.41) is 7.00. The number of benzene rings is 1. The van der Waals surface area contributed by atoms with Crippen molar-refractivity contribution >= 4 is 17.4 Å². The highest BCUT2D eigenvalue weighted by atomic mass is 16.1. The molecule has 5 nitrogen and oxygen atoms in total. The third kappa shape index (κ3) is 2.34. The van der Waals surface area contributed by atoms with Crippen molar-refractivity contribution in [2.45, 2.75) is 13.8 Å². The van der Waals surface area contributed by atoms with Crippen LogP contribution in [0, 0.1) is 13.8 Å². The molecule has 2 aromatic rings. The van der Waals surface area contributed by atoms with Gasteiger partial charge in [0.2, 0.25) is 0 Å². The van der Waals surface area contributed by atoms with Crippen molar-refractivity contribution in [3.8, 4) is 0 Å². The summed E-state index contributed by atoms with van der Waals surface area (Å²) >= 11 is 0. The number of aromatic nitrogens is 2. The second-order valence-corrected chi connectivity index (χ2v) is 4.32. The van der Waals surface area contributed by atoms with E-state index >= 15 is 0 Å². The summed E-state index contributed by atoms with van der Waals surface area (Å²) in [5.74, 6) is 0.518. The van der Waals surface area contributed by atoms with Gasteiger partial charge in [0.25, 0.3) is 5.91 Å². The van der Waals surface area contributed by atoms with Crippen molar-refractivity contribution in [1.82, 2.24) is 9.78 Å². The average Bonchev–Trinajstić information content (AvgIpc) is 2.57. The van der Waals surface area contributed by atoms with E-state index < -0.39 is 0 Å². The van der Waals surface area contributed by atoms with Crippen molar-refractivity contribution in [3.05, 3.63) is 41.1 Å². The Balaban J connectivity index is 2.24. The van der Waals surface area contributed by atoms with Crippen LogP contribution >= 0.6 is 0 Å². The van der Waals surface area contributed by atoms with Crippen LogP contribution in [0.2, 0.25) is 0 Å². The predicted octanol–water partition coefficient (Wildman–Crippen LogP) is 1.87. The molecule has 1 aromatic carbocycles. The van der Waals surface area contributed by atoms with Crippen molar-refractivity contribution in [3.63, 3.8) is 0 Å². The minimum absolute atomic E-state index is 0.157. The number of rotatable bonds is 2. The van der Waals surface area contributed by atoms with Crippen molar-refractivity contribution in [2.75, 3.05) is 11.1 Å². The van der Waals surface area contributed by atoms with Crippen LogP contribution in [0.1, 0.15) is 21.6 Å². The zero-order valence-corrected chi connectivity index (χ0v) is 10.7. The molecule has 0 unspecified atom stereocenters. The van der Waals surface area contributed by atoms with Gasteiger partial charge in [-0.1, -0.05) is 0 Å². The van der Waals surface area contributed by atoms with Crippen LogP contribution < -0.4 is 11.1 Å². The second-order valence-electron chi connectivity index (χ2n) is 4.32. The molecule has 18 heavy (non-hydrogen) atoms. The molecule has 0 radical (unpaired) electrons.